The Bertz CT molecular complexity index is 1370. The molecule has 3 rings (SSSR count). The van der Waals surface area contributed by atoms with E-state index in [0.29, 0.717) is 17.3 Å². The molecule has 3 aromatic rings. The summed E-state index contributed by atoms with van der Waals surface area (Å²) < 4.78 is 33.7. The third-order valence-electron chi connectivity index (χ3n) is 6.07. The molecule has 1 N–H and O–H groups in total. The number of nitrogens with zero attached hydrogens (tertiary/aromatic N) is 2. The summed E-state index contributed by atoms with van der Waals surface area (Å²) >= 11 is 6.19. The minimum atomic E-state index is -4.14. The minimum Gasteiger partial charge on any atom is -0.497 e. The molecule has 0 aliphatic carbocycles. The van der Waals surface area contributed by atoms with Gasteiger partial charge in [-0.1, -0.05) is 61.8 Å². The second-order valence-corrected chi connectivity index (χ2v) is 11.8. The Labute approximate surface area is 235 Å². The summed E-state index contributed by atoms with van der Waals surface area (Å²) in [6, 6.07) is 20.4. The number of carbonyl (C=O) groups excluding carboxylic acids is 2. The van der Waals surface area contributed by atoms with Gasteiger partial charge in [-0.25, -0.2) is 8.42 Å². The lowest BCUT2D eigenvalue weighted by atomic mass is 10.1. The number of ether oxygens (including phenoxy) is 1. The highest BCUT2D eigenvalue weighted by atomic mass is 35.5. The van der Waals surface area contributed by atoms with Gasteiger partial charge >= 0.3 is 0 Å². The molecular weight excluding hydrogens is 538 g/mol. The van der Waals surface area contributed by atoms with Crippen molar-refractivity contribution in [3.63, 3.8) is 0 Å². The van der Waals surface area contributed by atoms with Crippen molar-refractivity contribution in [2.24, 2.45) is 5.92 Å². The Morgan fingerprint density at radius 2 is 1.62 bits per heavy atom. The molecule has 1 atom stereocenters. The maximum atomic E-state index is 13.9. The Balaban J connectivity index is 1.99. The van der Waals surface area contributed by atoms with Gasteiger partial charge in [-0.15, -0.1) is 0 Å². The summed E-state index contributed by atoms with van der Waals surface area (Å²) in [5.74, 6) is 0.00458. The first kappa shape index (κ1) is 30.0. The Morgan fingerprint density at radius 1 is 0.949 bits per heavy atom. The van der Waals surface area contributed by atoms with E-state index < -0.39 is 28.5 Å². The first-order chi connectivity index (χ1) is 18.5. The highest BCUT2D eigenvalue weighted by Gasteiger charge is 2.32. The fourth-order valence-electron chi connectivity index (χ4n) is 3.84. The number of anilines is 1. The fourth-order valence-corrected chi connectivity index (χ4v) is 5.45. The van der Waals surface area contributed by atoms with E-state index in [9.17, 15) is 18.0 Å². The van der Waals surface area contributed by atoms with Gasteiger partial charge in [-0.2, -0.15) is 0 Å². The van der Waals surface area contributed by atoms with E-state index in [4.69, 9.17) is 16.3 Å². The Kier molecular flexibility index (Phi) is 10.4. The molecule has 8 nitrogen and oxygen atoms in total. The van der Waals surface area contributed by atoms with Crippen molar-refractivity contribution in [2.45, 2.75) is 38.3 Å². The van der Waals surface area contributed by atoms with Crippen LogP contribution in [0.1, 0.15) is 26.3 Å². The highest BCUT2D eigenvalue weighted by Crippen LogP contribution is 2.27. The molecule has 0 saturated carbocycles. The molecule has 0 spiro atoms. The van der Waals surface area contributed by atoms with E-state index in [1.54, 1.807) is 74.7 Å². The lowest BCUT2D eigenvalue weighted by Gasteiger charge is -2.32. The van der Waals surface area contributed by atoms with Gasteiger partial charge in [-0.05, 0) is 60.9 Å². The molecule has 0 aromatic heterocycles. The number of carbonyl (C=O) groups is 2. The van der Waals surface area contributed by atoms with Crippen LogP contribution < -0.4 is 14.4 Å². The summed E-state index contributed by atoms with van der Waals surface area (Å²) in [5.41, 5.74) is 0.994. The van der Waals surface area contributed by atoms with Crippen molar-refractivity contribution in [1.29, 1.82) is 0 Å². The molecule has 3 aromatic carbocycles. The third-order valence-corrected chi connectivity index (χ3v) is 8.09. The molecule has 0 bridgehead atoms. The van der Waals surface area contributed by atoms with E-state index in [1.807, 2.05) is 13.8 Å². The molecule has 0 aliphatic heterocycles. The predicted octanol–water partition coefficient (Wildman–Crippen LogP) is 4.73. The lowest BCUT2D eigenvalue weighted by molar-refractivity contribution is -0.139. The summed E-state index contributed by atoms with van der Waals surface area (Å²) in [4.78, 5) is 28.3. The van der Waals surface area contributed by atoms with E-state index in [-0.39, 0.29) is 29.0 Å². The normalized spacial score (nSPS) is 12.1. The number of methoxy groups -OCH3 is 1. The topological polar surface area (TPSA) is 96.0 Å². The predicted molar refractivity (Wildman–Crippen MR) is 153 cm³/mol. The summed E-state index contributed by atoms with van der Waals surface area (Å²) in [7, 11) is -2.58. The van der Waals surface area contributed by atoms with Crippen molar-refractivity contribution in [1.82, 2.24) is 10.2 Å². The van der Waals surface area contributed by atoms with Crippen molar-refractivity contribution in [3.8, 4) is 5.75 Å². The number of hydrogen-bond donors (Lipinski definition) is 1. The molecule has 0 heterocycles. The van der Waals surface area contributed by atoms with Crippen LogP contribution in [0, 0.1) is 5.92 Å². The van der Waals surface area contributed by atoms with Gasteiger partial charge in [0, 0.05) is 18.1 Å². The monoisotopic (exact) mass is 571 g/mol. The average molecular weight is 572 g/mol. The quantitative estimate of drug-likeness (QED) is 0.339. The van der Waals surface area contributed by atoms with E-state index in [1.165, 1.54) is 23.1 Å². The number of halogens is 1. The van der Waals surface area contributed by atoms with Gasteiger partial charge in [0.1, 0.15) is 18.3 Å². The number of sulfonamides is 1. The Morgan fingerprint density at radius 3 is 2.21 bits per heavy atom. The van der Waals surface area contributed by atoms with Crippen LogP contribution in [0.2, 0.25) is 5.02 Å². The number of hydrogen-bond acceptors (Lipinski definition) is 5. The van der Waals surface area contributed by atoms with Crippen LogP contribution in [0.5, 0.6) is 5.75 Å². The molecule has 2 amide bonds. The zero-order chi connectivity index (χ0) is 28.6. The number of amides is 2. The van der Waals surface area contributed by atoms with Gasteiger partial charge < -0.3 is 15.0 Å². The maximum absolute atomic E-state index is 13.9. The number of rotatable bonds is 12. The minimum absolute atomic E-state index is 0.0298. The highest BCUT2D eigenvalue weighted by molar-refractivity contribution is 7.92. The molecule has 0 unspecified atom stereocenters. The van der Waals surface area contributed by atoms with Gasteiger partial charge in [-0.3, -0.25) is 13.9 Å². The zero-order valence-corrected chi connectivity index (χ0v) is 24.1. The summed E-state index contributed by atoms with van der Waals surface area (Å²) in [6.45, 7) is 5.59. The van der Waals surface area contributed by atoms with Gasteiger partial charge in [0.2, 0.25) is 11.8 Å². The van der Waals surface area contributed by atoms with Gasteiger partial charge in [0.05, 0.1) is 17.7 Å². The van der Waals surface area contributed by atoms with Crippen molar-refractivity contribution in [2.75, 3.05) is 24.5 Å². The second-order valence-electron chi connectivity index (χ2n) is 9.49. The van der Waals surface area contributed by atoms with Crippen LogP contribution in [-0.4, -0.2) is 51.4 Å². The summed E-state index contributed by atoms with van der Waals surface area (Å²) in [5, 5.41) is 3.19. The van der Waals surface area contributed by atoms with E-state index >= 15 is 0 Å². The average Bonchev–Trinajstić information content (AvgIpc) is 2.93. The standard InChI is InChI=1S/C29H34ClN3O5S/c1-21(2)18-31-29(35)22(3)32(19-23-13-15-26(38-4)16-14-23)28(34)20-33(25-10-8-9-24(30)17-25)39(36,37)27-11-6-5-7-12-27/h5-17,21-22H,18-20H2,1-4H3,(H,31,35)/t22-/m1/s1. The Hall–Kier alpha value is -3.56. The van der Waals surface area contributed by atoms with Crippen LogP contribution in [0.15, 0.2) is 83.8 Å². The van der Waals surface area contributed by atoms with Crippen molar-refractivity contribution >= 4 is 39.1 Å². The molecule has 39 heavy (non-hydrogen) atoms. The lowest BCUT2D eigenvalue weighted by Crippen LogP contribution is -2.51. The van der Waals surface area contributed by atoms with Crippen LogP contribution in [0.25, 0.3) is 0 Å². The summed E-state index contributed by atoms with van der Waals surface area (Å²) in [6.07, 6.45) is 0. The molecule has 208 valence electrons. The van der Waals surface area contributed by atoms with Gasteiger partial charge in [0.15, 0.2) is 0 Å². The molecule has 0 aliphatic rings. The SMILES string of the molecule is COc1ccc(CN(C(=O)CN(c2cccc(Cl)c2)S(=O)(=O)c2ccccc2)[C@H](C)C(=O)NCC(C)C)cc1. The third kappa shape index (κ3) is 7.97. The first-order valence-corrected chi connectivity index (χ1v) is 14.4. The molecule has 0 radical (unpaired) electrons. The number of benzene rings is 3. The van der Waals surface area contributed by atoms with Gasteiger partial charge in [0.25, 0.3) is 10.0 Å². The van der Waals surface area contributed by atoms with Crippen LogP contribution in [0.4, 0.5) is 5.69 Å². The second kappa shape index (κ2) is 13.5. The van der Waals surface area contributed by atoms with Crippen LogP contribution in [-0.2, 0) is 26.2 Å². The van der Waals surface area contributed by atoms with Crippen LogP contribution >= 0.6 is 11.6 Å². The molecular formula is C29H34ClN3O5S. The maximum Gasteiger partial charge on any atom is 0.264 e. The molecule has 10 heteroatoms. The van der Waals surface area contributed by atoms with E-state index in [0.717, 1.165) is 9.87 Å². The first-order valence-electron chi connectivity index (χ1n) is 12.6. The smallest absolute Gasteiger partial charge is 0.264 e. The van der Waals surface area contributed by atoms with E-state index in [2.05, 4.69) is 5.32 Å². The van der Waals surface area contributed by atoms with Crippen LogP contribution in [0.3, 0.4) is 0 Å². The van der Waals surface area contributed by atoms with Crippen molar-refractivity contribution in [3.05, 3.63) is 89.4 Å². The largest absolute Gasteiger partial charge is 0.497 e. The molecule has 0 saturated heterocycles. The fraction of sp³-hybridized carbons (Fsp3) is 0.310. The number of nitrogens with one attached hydrogen (secondary N) is 1. The van der Waals surface area contributed by atoms with Crippen molar-refractivity contribution < 1.29 is 22.7 Å². The molecule has 0 fully saturated rings. The zero-order valence-electron chi connectivity index (χ0n) is 22.5.